The SMILES string of the molecule is CCCCCCCCCCCCCCCCCCCCCCC(=O)O[C@H](COC(=O)CCCCCCCCCCCCCC(C)C)COP(=O)(O)OC[C@@H](O)COP(=O)(O)OC[C@@H](COC(=O)CCCCCCCCCCCCC)OC(=O)CCCCCCCCCCCCC. The molecule has 0 radical (unpaired) electrons. The van der Waals surface area contributed by atoms with E-state index in [0.717, 1.165) is 95.8 Å². The summed E-state index contributed by atoms with van der Waals surface area (Å²) in [6, 6.07) is 0. The summed E-state index contributed by atoms with van der Waals surface area (Å²) in [5.41, 5.74) is 0. The maximum absolute atomic E-state index is 13.1. The molecule has 17 nitrogen and oxygen atoms in total. The van der Waals surface area contributed by atoms with Gasteiger partial charge in [0.05, 0.1) is 26.4 Å². The molecule has 0 rings (SSSR count). The second-order valence-corrected chi connectivity index (χ2v) is 31.1. The van der Waals surface area contributed by atoms with E-state index < -0.39 is 97.5 Å². The van der Waals surface area contributed by atoms with Crippen molar-refractivity contribution >= 4 is 39.5 Å². The largest absolute Gasteiger partial charge is 0.472 e. The summed E-state index contributed by atoms with van der Waals surface area (Å²) >= 11 is 0. The number of carbonyl (C=O) groups is 4. The Balaban J connectivity index is 5.21. The highest BCUT2D eigenvalue weighted by atomic mass is 31.2. The predicted molar refractivity (Wildman–Crippen MR) is 391 cm³/mol. The van der Waals surface area contributed by atoms with Crippen molar-refractivity contribution in [2.24, 2.45) is 5.92 Å². The Kier molecular flexibility index (Phi) is 68.7. The van der Waals surface area contributed by atoms with E-state index in [2.05, 4.69) is 34.6 Å². The number of aliphatic hydroxyl groups is 1. The standard InChI is InChI=1S/C77H150O17P2/c1-6-9-12-15-18-21-24-25-26-27-28-29-30-31-32-37-43-48-53-58-63-77(82)94-73(67-88-75(80)61-56-51-46-41-38-33-36-39-44-49-54-59-70(4)5)69-92-96(85,86)90-65-71(78)64-89-95(83,84)91-68-72(93-76(81)62-57-52-47-42-35-23-20-17-14-11-8-3)66-87-74(79)60-55-50-45-40-34-22-19-16-13-10-7-2/h70-73,78H,6-69H2,1-5H3,(H,83,84)(H,85,86)/t71-,72+,73+/m0/s1. The number of esters is 4. The van der Waals surface area contributed by atoms with Gasteiger partial charge in [-0.2, -0.15) is 0 Å². The molecule has 0 aromatic rings. The smallest absolute Gasteiger partial charge is 0.462 e. The topological polar surface area (TPSA) is 237 Å². The third-order valence-corrected chi connectivity index (χ3v) is 19.9. The van der Waals surface area contributed by atoms with Crippen molar-refractivity contribution in [1.82, 2.24) is 0 Å². The highest BCUT2D eigenvalue weighted by molar-refractivity contribution is 7.47. The molecule has 0 saturated heterocycles. The van der Waals surface area contributed by atoms with Gasteiger partial charge in [0.15, 0.2) is 12.2 Å². The van der Waals surface area contributed by atoms with Crippen LogP contribution in [0.3, 0.4) is 0 Å². The molecule has 96 heavy (non-hydrogen) atoms. The van der Waals surface area contributed by atoms with Gasteiger partial charge in [0.2, 0.25) is 0 Å². The molecule has 0 aromatic carbocycles. The average molecular weight is 1410 g/mol. The second kappa shape index (κ2) is 70.1. The lowest BCUT2D eigenvalue weighted by Crippen LogP contribution is -2.30. The van der Waals surface area contributed by atoms with E-state index in [9.17, 15) is 43.2 Å². The van der Waals surface area contributed by atoms with Gasteiger partial charge in [0, 0.05) is 25.7 Å². The number of hydrogen-bond donors (Lipinski definition) is 3. The zero-order chi connectivity index (χ0) is 70.5. The third-order valence-electron chi connectivity index (χ3n) is 18.0. The number of rotatable bonds is 77. The van der Waals surface area contributed by atoms with E-state index in [1.54, 1.807) is 0 Å². The van der Waals surface area contributed by atoms with Crippen molar-refractivity contribution in [3.63, 3.8) is 0 Å². The number of hydrogen-bond acceptors (Lipinski definition) is 15. The van der Waals surface area contributed by atoms with E-state index in [-0.39, 0.29) is 25.7 Å². The summed E-state index contributed by atoms with van der Waals surface area (Å²) in [6.45, 7) is 7.30. The van der Waals surface area contributed by atoms with Crippen LogP contribution in [0.15, 0.2) is 0 Å². The normalized spacial score (nSPS) is 13.9. The third kappa shape index (κ3) is 70.5. The lowest BCUT2D eigenvalue weighted by atomic mass is 10.0. The second-order valence-electron chi connectivity index (χ2n) is 28.2. The van der Waals surface area contributed by atoms with E-state index in [1.807, 2.05) is 0 Å². The van der Waals surface area contributed by atoms with Crippen molar-refractivity contribution < 1.29 is 80.2 Å². The molecule has 570 valence electrons. The molecule has 0 aliphatic heterocycles. The van der Waals surface area contributed by atoms with Crippen LogP contribution in [0.25, 0.3) is 0 Å². The number of phosphoric acid groups is 2. The summed E-state index contributed by atoms with van der Waals surface area (Å²) in [7, 11) is -9.91. The van der Waals surface area contributed by atoms with Crippen LogP contribution in [0.4, 0.5) is 0 Å². The Morgan fingerprint density at radius 2 is 0.479 bits per heavy atom. The first-order chi connectivity index (χ1) is 46.5. The summed E-state index contributed by atoms with van der Waals surface area (Å²) in [4.78, 5) is 72.8. The molecular formula is C77H150O17P2. The van der Waals surface area contributed by atoms with Crippen molar-refractivity contribution in [1.29, 1.82) is 0 Å². The molecule has 0 fully saturated rings. The molecule has 0 bridgehead atoms. The van der Waals surface area contributed by atoms with Crippen molar-refractivity contribution in [2.75, 3.05) is 39.6 Å². The highest BCUT2D eigenvalue weighted by Gasteiger charge is 2.30. The van der Waals surface area contributed by atoms with Crippen LogP contribution in [0.2, 0.25) is 0 Å². The van der Waals surface area contributed by atoms with Gasteiger partial charge in [0.1, 0.15) is 19.3 Å². The van der Waals surface area contributed by atoms with Crippen molar-refractivity contribution in [3.8, 4) is 0 Å². The number of carbonyl (C=O) groups excluding carboxylic acids is 4. The van der Waals surface area contributed by atoms with E-state index in [0.29, 0.717) is 25.7 Å². The molecule has 0 saturated carbocycles. The molecule has 5 atom stereocenters. The van der Waals surface area contributed by atoms with E-state index >= 15 is 0 Å². The maximum atomic E-state index is 13.1. The first-order valence-corrected chi connectivity index (χ1v) is 43.1. The molecule has 3 N–H and O–H groups in total. The van der Waals surface area contributed by atoms with Gasteiger partial charge in [0.25, 0.3) is 0 Å². The number of ether oxygens (including phenoxy) is 4. The zero-order valence-electron chi connectivity index (χ0n) is 62.5. The molecule has 2 unspecified atom stereocenters. The molecule has 0 aliphatic rings. The minimum absolute atomic E-state index is 0.107. The molecule has 0 heterocycles. The van der Waals surface area contributed by atoms with Crippen molar-refractivity contribution in [2.45, 2.75) is 425 Å². The van der Waals surface area contributed by atoms with Crippen LogP contribution in [-0.2, 0) is 65.4 Å². The summed E-state index contributed by atoms with van der Waals surface area (Å²) in [6.07, 6.45) is 59.6. The Hall–Kier alpha value is -1.94. The zero-order valence-corrected chi connectivity index (χ0v) is 64.3. The van der Waals surface area contributed by atoms with Crippen LogP contribution >= 0.6 is 15.6 Å². The summed E-state index contributed by atoms with van der Waals surface area (Å²) in [5.74, 6) is -1.34. The fraction of sp³-hybridized carbons (Fsp3) is 0.948. The Labute approximate surface area is 588 Å². The maximum Gasteiger partial charge on any atom is 0.472 e. The molecule has 0 aliphatic carbocycles. The van der Waals surface area contributed by atoms with Gasteiger partial charge >= 0.3 is 39.5 Å². The number of unbranched alkanes of at least 4 members (excludes halogenated alkanes) is 49. The molecule has 0 spiro atoms. The van der Waals surface area contributed by atoms with Crippen LogP contribution < -0.4 is 0 Å². The minimum atomic E-state index is -4.96. The van der Waals surface area contributed by atoms with E-state index in [1.165, 1.54) is 231 Å². The fourth-order valence-electron chi connectivity index (χ4n) is 11.9. The molecule has 19 heteroatoms. The van der Waals surface area contributed by atoms with E-state index in [4.69, 9.17) is 37.0 Å². The van der Waals surface area contributed by atoms with Gasteiger partial charge in [-0.05, 0) is 31.6 Å². The number of aliphatic hydroxyl groups excluding tert-OH is 1. The summed E-state index contributed by atoms with van der Waals surface area (Å²) < 4.78 is 68.5. The van der Waals surface area contributed by atoms with Crippen LogP contribution in [0.5, 0.6) is 0 Å². The Morgan fingerprint density at radius 1 is 0.281 bits per heavy atom. The van der Waals surface area contributed by atoms with Crippen LogP contribution in [-0.4, -0.2) is 96.7 Å². The van der Waals surface area contributed by atoms with Gasteiger partial charge in [-0.3, -0.25) is 37.3 Å². The summed E-state index contributed by atoms with van der Waals surface area (Å²) in [5, 5.41) is 10.6. The molecule has 0 amide bonds. The lowest BCUT2D eigenvalue weighted by molar-refractivity contribution is -0.161. The Bertz CT molecular complexity index is 1840. The molecular weight excluding hydrogens is 1260 g/mol. The van der Waals surface area contributed by atoms with Crippen LogP contribution in [0.1, 0.15) is 407 Å². The van der Waals surface area contributed by atoms with Gasteiger partial charge < -0.3 is 33.8 Å². The first kappa shape index (κ1) is 94.1. The van der Waals surface area contributed by atoms with Gasteiger partial charge in [-0.15, -0.1) is 0 Å². The quantitative estimate of drug-likeness (QED) is 0.0222. The Morgan fingerprint density at radius 3 is 0.708 bits per heavy atom. The molecule has 0 aromatic heterocycles. The fourth-order valence-corrected chi connectivity index (χ4v) is 13.5. The van der Waals surface area contributed by atoms with Crippen molar-refractivity contribution in [3.05, 3.63) is 0 Å². The highest BCUT2D eigenvalue weighted by Crippen LogP contribution is 2.45. The first-order valence-electron chi connectivity index (χ1n) is 40.1. The number of phosphoric ester groups is 2. The average Bonchev–Trinajstić information content (AvgIpc) is 1.67. The van der Waals surface area contributed by atoms with Gasteiger partial charge in [-0.1, -0.05) is 356 Å². The predicted octanol–water partition coefficient (Wildman–Crippen LogP) is 22.9. The van der Waals surface area contributed by atoms with Gasteiger partial charge in [-0.25, -0.2) is 9.13 Å². The lowest BCUT2D eigenvalue weighted by Gasteiger charge is -2.21. The monoisotopic (exact) mass is 1410 g/mol. The van der Waals surface area contributed by atoms with Crippen LogP contribution in [0, 0.1) is 5.92 Å². The minimum Gasteiger partial charge on any atom is -0.462 e.